The van der Waals surface area contributed by atoms with E-state index in [0.29, 0.717) is 12.1 Å². The van der Waals surface area contributed by atoms with E-state index in [0.717, 1.165) is 45.4 Å². The van der Waals surface area contributed by atoms with Crippen LogP contribution >= 0.6 is 0 Å². The Labute approximate surface area is 112 Å². The first-order valence-electron chi connectivity index (χ1n) is 7.08. The van der Waals surface area contributed by atoms with Crippen molar-refractivity contribution in [3.63, 3.8) is 0 Å². The number of ether oxygens (including phenoxy) is 2. The lowest BCUT2D eigenvalue weighted by Gasteiger charge is -2.49. The van der Waals surface area contributed by atoms with Gasteiger partial charge in [0.25, 0.3) is 0 Å². The van der Waals surface area contributed by atoms with E-state index in [1.165, 1.54) is 0 Å². The summed E-state index contributed by atoms with van der Waals surface area (Å²) in [6, 6.07) is 0.503. The molecule has 0 heterocycles. The average molecular weight is 258 g/mol. The van der Waals surface area contributed by atoms with Crippen molar-refractivity contribution < 1.29 is 9.47 Å². The van der Waals surface area contributed by atoms with Gasteiger partial charge in [0.1, 0.15) is 0 Å². The average Bonchev–Trinajstić information content (AvgIpc) is 2.39. The summed E-state index contributed by atoms with van der Waals surface area (Å²) >= 11 is 0. The summed E-state index contributed by atoms with van der Waals surface area (Å²) in [5, 5.41) is 0. The summed E-state index contributed by atoms with van der Waals surface area (Å²) < 4.78 is 10.7. The largest absolute Gasteiger partial charge is 0.383 e. The van der Waals surface area contributed by atoms with Crippen LogP contribution in [0.3, 0.4) is 0 Å². The zero-order valence-corrected chi connectivity index (χ0v) is 12.4. The Bertz CT molecular complexity index is 226. The van der Waals surface area contributed by atoms with Crippen LogP contribution in [0.1, 0.15) is 39.5 Å². The summed E-state index contributed by atoms with van der Waals surface area (Å²) in [5.41, 5.74) is 6.25. The number of methoxy groups -OCH3 is 2. The van der Waals surface area contributed by atoms with Crippen LogP contribution in [-0.4, -0.2) is 56.5 Å². The van der Waals surface area contributed by atoms with E-state index >= 15 is 0 Å². The van der Waals surface area contributed by atoms with Crippen molar-refractivity contribution in [1.82, 2.24) is 4.90 Å². The van der Waals surface area contributed by atoms with E-state index in [9.17, 15) is 0 Å². The molecule has 0 aromatic rings. The second kappa shape index (κ2) is 7.43. The Morgan fingerprint density at radius 3 is 2.28 bits per heavy atom. The van der Waals surface area contributed by atoms with Gasteiger partial charge in [0.15, 0.2) is 0 Å². The molecule has 0 aromatic carbocycles. The molecule has 0 aromatic heterocycles. The highest BCUT2D eigenvalue weighted by molar-refractivity contribution is 4.97. The van der Waals surface area contributed by atoms with Crippen LogP contribution in [0.5, 0.6) is 0 Å². The summed E-state index contributed by atoms with van der Waals surface area (Å²) in [4.78, 5) is 2.53. The van der Waals surface area contributed by atoms with Gasteiger partial charge in [-0.3, -0.25) is 4.90 Å². The van der Waals surface area contributed by atoms with Crippen LogP contribution in [0.4, 0.5) is 0 Å². The lowest BCUT2D eigenvalue weighted by Crippen LogP contribution is -2.59. The van der Waals surface area contributed by atoms with Gasteiger partial charge in [-0.1, -0.05) is 0 Å². The van der Waals surface area contributed by atoms with Gasteiger partial charge in [-0.15, -0.1) is 0 Å². The minimum atomic E-state index is 0.141. The van der Waals surface area contributed by atoms with Gasteiger partial charge in [-0.25, -0.2) is 0 Å². The molecule has 18 heavy (non-hydrogen) atoms. The lowest BCUT2D eigenvalue weighted by atomic mass is 9.78. The molecule has 4 nitrogen and oxygen atoms in total. The molecule has 0 aliphatic heterocycles. The van der Waals surface area contributed by atoms with Crippen LogP contribution < -0.4 is 5.73 Å². The molecule has 1 saturated carbocycles. The van der Waals surface area contributed by atoms with Crippen molar-refractivity contribution in [3.8, 4) is 0 Å². The topological polar surface area (TPSA) is 47.7 Å². The third kappa shape index (κ3) is 3.67. The molecule has 0 unspecified atom stereocenters. The fourth-order valence-electron chi connectivity index (χ4n) is 3.21. The second-order valence-corrected chi connectivity index (χ2v) is 5.64. The van der Waals surface area contributed by atoms with Crippen molar-refractivity contribution in [2.24, 2.45) is 5.73 Å². The summed E-state index contributed by atoms with van der Waals surface area (Å²) in [6.45, 7) is 6.95. The van der Waals surface area contributed by atoms with E-state index < -0.39 is 0 Å². The maximum absolute atomic E-state index is 6.11. The summed E-state index contributed by atoms with van der Waals surface area (Å²) in [6.07, 6.45) is 4.91. The first-order valence-corrected chi connectivity index (χ1v) is 7.08. The smallest absolute Gasteiger partial charge is 0.0590 e. The van der Waals surface area contributed by atoms with Gasteiger partial charge >= 0.3 is 0 Å². The van der Waals surface area contributed by atoms with Gasteiger partial charge in [-0.2, -0.15) is 0 Å². The van der Waals surface area contributed by atoms with E-state index in [1.54, 1.807) is 7.11 Å². The molecule has 0 spiro atoms. The Balaban J connectivity index is 2.71. The quantitative estimate of drug-likeness (QED) is 0.754. The van der Waals surface area contributed by atoms with Crippen molar-refractivity contribution >= 4 is 0 Å². The minimum Gasteiger partial charge on any atom is -0.383 e. The molecule has 2 N–H and O–H groups in total. The summed E-state index contributed by atoms with van der Waals surface area (Å²) in [5.74, 6) is 0. The Hall–Kier alpha value is -0.160. The SMILES string of the molecule is COCCN(C(C)C)C1(CN)CCC(OC)CC1. The molecular formula is C14H30N2O2. The minimum absolute atomic E-state index is 0.141. The molecule has 1 aliphatic rings. The maximum Gasteiger partial charge on any atom is 0.0590 e. The molecule has 1 rings (SSSR count). The third-order valence-corrected chi connectivity index (χ3v) is 4.35. The number of hydrogen-bond acceptors (Lipinski definition) is 4. The van der Waals surface area contributed by atoms with Gasteiger partial charge in [0.05, 0.1) is 12.7 Å². The van der Waals surface area contributed by atoms with E-state index in [-0.39, 0.29) is 5.54 Å². The molecule has 0 amide bonds. The number of rotatable bonds is 7. The highest BCUT2D eigenvalue weighted by Crippen LogP contribution is 2.35. The highest BCUT2D eigenvalue weighted by atomic mass is 16.5. The molecule has 1 aliphatic carbocycles. The maximum atomic E-state index is 6.11. The Morgan fingerprint density at radius 1 is 1.28 bits per heavy atom. The number of nitrogens with two attached hydrogens (primary N) is 1. The molecule has 0 bridgehead atoms. The van der Waals surface area contributed by atoms with Crippen LogP contribution in [0.25, 0.3) is 0 Å². The van der Waals surface area contributed by atoms with Crippen molar-refractivity contribution in [3.05, 3.63) is 0 Å². The first kappa shape index (κ1) is 15.9. The van der Waals surface area contributed by atoms with Crippen molar-refractivity contribution in [1.29, 1.82) is 0 Å². The molecule has 1 fully saturated rings. The standard InChI is InChI=1S/C14H30N2O2/c1-12(2)16(9-10-17-3)14(11-15)7-5-13(18-4)6-8-14/h12-13H,5-11,15H2,1-4H3. The summed E-state index contributed by atoms with van der Waals surface area (Å²) in [7, 11) is 3.57. The van der Waals surface area contributed by atoms with Crippen LogP contribution in [0, 0.1) is 0 Å². The normalized spacial score (nSPS) is 29.2. The molecule has 108 valence electrons. The number of hydrogen-bond donors (Lipinski definition) is 1. The monoisotopic (exact) mass is 258 g/mol. The van der Waals surface area contributed by atoms with Crippen LogP contribution in [0.2, 0.25) is 0 Å². The van der Waals surface area contributed by atoms with E-state index in [4.69, 9.17) is 15.2 Å². The molecule has 0 radical (unpaired) electrons. The fraction of sp³-hybridized carbons (Fsp3) is 1.00. The van der Waals surface area contributed by atoms with Gasteiger partial charge in [0.2, 0.25) is 0 Å². The van der Waals surface area contributed by atoms with Crippen molar-refractivity contribution in [2.45, 2.75) is 57.2 Å². The van der Waals surface area contributed by atoms with E-state index in [2.05, 4.69) is 18.7 Å². The Morgan fingerprint density at radius 2 is 1.89 bits per heavy atom. The van der Waals surface area contributed by atoms with Gasteiger partial charge < -0.3 is 15.2 Å². The highest BCUT2D eigenvalue weighted by Gasteiger charge is 2.40. The molecular weight excluding hydrogens is 228 g/mol. The zero-order valence-electron chi connectivity index (χ0n) is 12.4. The second-order valence-electron chi connectivity index (χ2n) is 5.64. The van der Waals surface area contributed by atoms with E-state index in [1.807, 2.05) is 7.11 Å². The predicted molar refractivity (Wildman–Crippen MR) is 74.8 cm³/mol. The van der Waals surface area contributed by atoms with Crippen molar-refractivity contribution in [2.75, 3.05) is 33.9 Å². The van der Waals surface area contributed by atoms with Gasteiger partial charge in [0, 0.05) is 38.9 Å². The van der Waals surface area contributed by atoms with Gasteiger partial charge in [-0.05, 0) is 39.5 Å². The molecule has 0 saturated heterocycles. The van der Waals surface area contributed by atoms with Crippen LogP contribution in [0.15, 0.2) is 0 Å². The number of nitrogens with zero attached hydrogens (tertiary/aromatic N) is 1. The molecule has 0 atom stereocenters. The zero-order chi connectivity index (χ0) is 13.6. The fourth-order valence-corrected chi connectivity index (χ4v) is 3.21. The Kier molecular flexibility index (Phi) is 6.57. The van der Waals surface area contributed by atoms with Crippen LogP contribution in [-0.2, 0) is 9.47 Å². The predicted octanol–water partition coefficient (Wildman–Crippen LogP) is 1.63. The lowest BCUT2D eigenvalue weighted by molar-refractivity contribution is -0.0290. The third-order valence-electron chi connectivity index (χ3n) is 4.35. The molecule has 4 heteroatoms. The first-order chi connectivity index (χ1) is 8.59.